The first-order valence-electron chi connectivity index (χ1n) is 9.36. The van der Waals surface area contributed by atoms with Gasteiger partial charge in [0.1, 0.15) is 29.5 Å². The number of fused-ring (bicyclic) bond motifs is 1. The van der Waals surface area contributed by atoms with Crippen molar-refractivity contribution in [3.05, 3.63) is 45.3 Å². The molecular formula is C19H19F3IN3O4S. The molecule has 1 aliphatic heterocycles. The van der Waals surface area contributed by atoms with E-state index in [1.165, 1.54) is 12.1 Å². The fourth-order valence-electron chi connectivity index (χ4n) is 3.46. The van der Waals surface area contributed by atoms with Crippen LogP contribution in [0.3, 0.4) is 0 Å². The van der Waals surface area contributed by atoms with Gasteiger partial charge in [-0.15, -0.1) is 0 Å². The lowest BCUT2D eigenvalue weighted by Crippen LogP contribution is -2.45. The largest absolute Gasteiger partial charge is 0.489 e. The zero-order chi connectivity index (χ0) is 22.6. The van der Waals surface area contributed by atoms with Crippen molar-refractivity contribution in [2.24, 2.45) is 5.73 Å². The number of hydrogen-bond acceptors (Lipinski definition) is 6. The average Bonchev–Trinajstić information content (AvgIpc) is 3.48. The minimum atomic E-state index is -4.15. The molecule has 0 saturated heterocycles. The van der Waals surface area contributed by atoms with E-state index in [-0.39, 0.29) is 37.3 Å². The van der Waals surface area contributed by atoms with Crippen molar-refractivity contribution < 1.29 is 31.4 Å². The number of hydrogen-bond donors (Lipinski definition) is 4. The van der Waals surface area contributed by atoms with Crippen molar-refractivity contribution in [1.82, 2.24) is 0 Å². The lowest BCUT2D eigenvalue weighted by molar-refractivity contribution is 0.105. The number of rotatable bonds is 2. The summed E-state index contributed by atoms with van der Waals surface area (Å²) in [5.74, 6) is -3.82. The molecule has 5 N–H and O–H groups in total. The van der Waals surface area contributed by atoms with E-state index in [9.17, 15) is 26.7 Å². The molecule has 1 saturated carbocycles. The number of halogens is 4. The molecule has 2 unspecified atom stereocenters. The third kappa shape index (κ3) is 4.17. The minimum absolute atomic E-state index is 0.125. The number of aliphatic hydroxyl groups excluding tert-OH is 1. The number of aliphatic hydroxyl groups is 1. The fourth-order valence-corrected chi connectivity index (χ4v) is 5.63. The van der Waals surface area contributed by atoms with Crippen LogP contribution in [0, 0.1) is 21.0 Å². The smallest absolute Gasteiger partial charge is 0.238 e. The maximum atomic E-state index is 14.8. The second kappa shape index (κ2) is 7.98. The van der Waals surface area contributed by atoms with E-state index in [2.05, 4.69) is 10.0 Å². The molecule has 0 amide bonds. The van der Waals surface area contributed by atoms with Crippen molar-refractivity contribution in [3.8, 4) is 5.75 Å². The van der Waals surface area contributed by atoms with Gasteiger partial charge in [0.25, 0.3) is 0 Å². The molecule has 0 bridgehead atoms. The maximum Gasteiger partial charge on any atom is 0.238 e. The molecule has 4 rings (SSSR count). The van der Waals surface area contributed by atoms with E-state index in [0.29, 0.717) is 9.64 Å². The first kappa shape index (κ1) is 22.4. The third-order valence-corrected chi connectivity index (χ3v) is 8.35. The highest BCUT2D eigenvalue weighted by atomic mass is 127. The fraction of sp³-hybridized carbons (Fsp3) is 0.368. The summed E-state index contributed by atoms with van der Waals surface area (Å²) in [6.45, 7) is -0.269. The van der Waals surface area contributed by atoms with Crippen molar-refractivity contribution in [2.75, 3.05) is 16.6 Å². The van der Waals surface area contributed by atoms with Gasteiger partial charge in [0.2, 0.25) is 10.0 Å². The number of anilines is 3. The Balaban J connectivity index is 1.86. The van der Waals surface area contributed by atoms with Gasteiger partial charge in [0.15, 0.2) is 11.6 Å². The van der Waals surface area contributed by atoms with Crippen molar-refractivity contribution >= 4 is 49.7 Å². The zero-order valence-corrected chi connectivity index (χ0v) is 18.9. The predicted molar refractivity (Wildman–Crippen MR) is 117 cm³/mol. The van der Waals surface area contributed by atoms with Gasteiger partial charge in [0.05, 0.1) is 22.6 Å². The summed E-state index contributed by atoms with van der Waals surface area (Å²) in [4.78, 5) is 0. The van der Waals surface area contributed by atoms with Gasteiger partial charge in [-0.3, -0.25) is 4.72 Å². The van der Waals surface area contributed by atoms with Crippen molar-refractivity contribution in [3.63, 3.8) is 0 Å². The summed E-state index contributed by atoms with van der Waals surface area (Å²) < 4.78 is 76.7. The number of benzene rings is 2. The molecule has 0 aromatic heterocycles. The predicted octanol–water partition coefficient (Wildman–Crippen LogP) is 3.20. The SMILES string of the molecule is NC1COc2cc(F)c(F)c(Nc3ccc(I)cc3F)c2NS(=O)(=O)C2(CC2)CC1O. The quantitative estimate of drug-likeness (QED) is 0.414. The monoisotopic (exact) mass is 569 g/mol. The van der Waals surface area contributed by atoms with Crippen LogP contribution in [0.1, 0.15) is 19.3 Å². The van der Waals surface area contributed by atoms with E-state index in [1.807, 2.05) is 22.6 Å². The van der Waals surface area contributed by atoms with Crippen LogP contribution in [-0.2, 0) is 10.0 Å². The molecule has 12 heteroatoms. The van der Waals surface area contributed by atoms with Gasteiger partial charge < -0.3 is 20.9 Å². The summed E-state index contributed by atoms with van der Waals surface area (Å²) in [5.41, 5.74) is 4.70. The topological polar surface area (TPSA) is 114 Å². The highest BCUT2D eigenvalue weighted by Gasteiger charge is 2.56. The van der Waals surface area contributed by atoms with Gasteiger partial charge in [0, 0.05) is 9.64 Å². The van der Waals surface area contributed by atoms with Crippen LogP contribution in [0.15, 0.2) is 24.3 Å². The molecule has 2 aromatic carbocycles. The van der Waals surface area contributed by atoms with Crippen molar-refractivity contribution in [2.45, 2.75) is 36.2 Å². The first-order chi connectivity index (χ1) is 14.5. The Morgan fingerprint density at radius 2 is 1.94 bits per heavy atom. The summed E-state index contributed by atoms with van der Waals surface area (Å²) in [6, 6.07) is 3.78. The normalized spacial score (nSPS) is 23.9. The summed E-state index contributed by atoms with van der Waals surface area (Å²) in [6.07, 6.45) is -0.731. The number of nitrogens with two attached hydrogens (primary N) is 1. The lowest BCUT2D eigenvalue weighted by Gasteiger charge is -2.28. The van der Waals surface area contributed by atoms with E-state index in [4.69, 9.17) is 10.5 Å². The second-order valence-corrected chi connectivity index (χ2v) is 11.0. The van der Waals surface area contributed by atoms with E-state index >= 15 is 0 Å². The minimum Gasteiger partial charge on any atom is -0.489 e. The van der Waals surface area contributed by atoms with E-state index < -0.39 is 55.7 Å². The lowest BCUT2D eigenvalue weighted by atomic mass is 10.1. The molecule has 0 radical (unpaired) electrons. The van der Waals surface area contributed by atoms with Crippen LogP contribution in [0.5, 0.6) is 5.75 Å². The van der Waals surface area contributed by atoms with Crippen LogP contribution in [0.25, 0.3) is 0 Å². The van der Waals surface area contributed by atoms with Crippen LogP contribution < -0.4 is 20.5 Å². The molecule has 2 atom stereocenters. The Labute approximate surface area is 190 Å². The van der Waals surface area contributed by atoms with E-state index in [1.54, 1.807) is 6.07 Å². The number of ether oxygens (including phenoxy) is 1. The molecule has 1 heterocycles. The third-order valence-electron chi connectivity index (χ3n) is 5.50. The Morgan fingerprint density at radius 1 is 1.23 bits per heavy atom. The molecule has 1 aliphatic carbocycles. The molecular weight excluding hydrogens is 550 g/mol. The highest BCUT2D eigenvalue weighted by molar-refractivity contribution is 14.1. The molecule has 31 heavy (non-hydrogen) atoms. The van der Waals surface area contributed by atoms with Crippen molar-refractivity contribution in [1.29, 1.82) is 0 Å². The van der Waals surface area contributed by atoms with E-state index in [0.717, 1.165) is 0 Å². The molecule has 7 nitrogen and oxygen atoms in total. The Morgan fingerprint density at radius 3 is 2.58 bits per heavy atom. The first-order valence-corrected chi connectivity index (χ1v) is 11.9. The summed E-state index contributed by atoms with van der Waals surface area (Å²) in [7, 11) is -4.15. The maximum absolute atomic E-state index is 14.8. The Hall–Kier alpha value is -1.77. The van der Waals surface area contributed by atoms with Gasteiger partial charge in [-0.1, -0.05) is 0 Å². The van der Waals surface area contributed by atoms with Gasteiger partial charge in [-0.05, 0) is 60.1 Å². The van der Waals surface area contributed by atoms with Gasteiger partial charge in [-0.2, -0.15) is 0 Å². The number of sulfonamides is 1. The molecule has 1 fully saturated rings. The highest BCUT2D eigenvalue weighted by Crippen LogP contribution is 2.50. The standard InChI is InChI=1S/C19H19F3IN3O4S/c20-10-5-9(23)1-2-13(10)25-18-16(22)11(21)6-15-17(18)26-31(28,29)19(3-4-19)7-14(27)12(24)8-30-15/h1-2,5-6,12,14,25-27H,3-4,7-8,24H2. The van der Waals surface area contributed by atoms with Crippen LogP contribution in [0.2, 0.25) is 0 Å². The Kier molecular flexibility index (Phi) is 5.77. The molecule has 1 spiro atoms. The van der Waals surface area contributed by atoms with Gasteiger partial charge >= 0.3 is 0 Å². The Bertz CT molecular complexity index is 1140. The van der Waals surface area contributed by atoms with Gasteiger partial charge in [-0.25, -0.2) is 21.6 Å². The molecule has 2 aromatic rings. The summed E-state index contributed by atoms with van der Waals surface area (Å²) >= 11 is 1.89. The molecule has 168 valence electrons. The van der Waals surface area contributed by atoms with Crippen LogP contribution in [0.4, 0.5) is 30.2 Å². The zero-order valence-electron chi connectivity index (χ0n) is 16.0. The molecule has 2 aliphatic rings. The second-order valence-electron chi connectivity index (χ2n) is 7.70. The van der Waals surface area contributed by atoms with Crippen LogP contribution >= 0.6 is 22.6 Å². The summed E-state index contributed by atoms with van der Waals surface area (Å²) in [5, 5.41) is 12.7. The number of nitrogens with one attached hydrogen (secondary N) is 2. The average molecular weight is 569 g/mol. The van der Waals surface area contributed by atoms with Crippen LogP contribution in [-0.4, -0.2) is 37.0 Å².